The zero-order valence-electron chi connectivity index (χ0n) is 10.7. The third-order valence-corrected chi connectivity index (χ3v) is 3.04. The van der Waals surface area contributed by atoms with Crippen LogP contribution in [0.25, 0.3) is 0 Å². The summed E-state index contributed by atoms with van der Waals surface area (Å²) < 4.78 is 6.27. The molecule has 1 aromatic heterocycles. The molecule has 5 nitrogen and oxygen atoms in total. The molecule has 0 aliphatic carbocycles. The number of halogens is 1. The van der Waals surface area contributed by atoms with Crippen LogP contribution < -0.4 is 10.1 Å². The summed E-state index contributed by atoms with van der Waals surface area (Å²) in [6, 6.07) is 7.43. The number of anilines is 1. The molecule has 0 aliphatic heterocycles. The number of carbonyl (C=O) groups is 1. The van der Waals surface area contributed by atoms with Crippen molar-refractivity contribution in [3.05, 3.63) is 40.0 Å². The Balaban J connectivity index is 1.89. The van der Waals surface area contributed by atoms with Crippen molar-refractivity contribution >= 4 is 27.7 Å². The second kappa shape index (κ2) is 5.88. The number of amides is 1. The lowest BCUT2D eigenvalue weighted by atomic mass is 10.2. The molecule has 2 rings (SSSR count). The number of ether oxygens (including phenoxy) is 1. The molecular weight excluding hydrogens is 310 g/mol. The van der Waals surface area contributed by atoms with Gasteiger partial charge in [-0.05, 0) is 47.5 Å². The van der Waals surface area contributed by atoms with Crippen LogP contribution in [0.1, 0.15) is 11.3 Å². The Hall–Kier alpha value is -1.82. The summed E-state index contributed by atoms with van der Waals surface area (Å²) >= 11 is 3.39. The summed E-state index contributed by atoms with van der Waals surface area (Å²) in [6.07, 6.45) is 0. The number of carbonyl (C=O) groups excluding carboxylic acids is 1. The highest BCUT2D eigenvalue weighted by molar-refractivity contribution is 9.10. The largest absolute Gasteiger partial charge is 0.483 e. The van der Waals surface area contributed by atoms with Gasteiger partial charge in [-0.15, -0.1) is 0 Å². The predicted octanol–water partition coefficient (Wildman–Crippen LogP) is 2.81. The minimum atomic E-state index is -0.251. The standard InChI is InChI=1S/C13H14BrN3O2/c1-8-3-4-11(10(14)5-8)19-7-13(18)15-12-6-9(2)16-17-12/h3-6H,7H2,1-2H3,(H2,15,16,17,18). The van der Waals surface area contributed by atoms with E-state index < -0.39 is 0 Å². The monoisotopic (exact) mass is 323 g/mol. The molecular formula is C13H14BrN3O2. The topological polar surface area (TPSA) is 67.0 Å². The van der Waals surface area contributed by atoms with E-state index in [1.807, 2.05) is 32.0 Å². The third-order valence-electron chi connectivity index (χ3n) is 2.42. The second-order valence-electron chi connectivity index (χ2n) is 4.21. The number of nitrogens with zero attached hydrogens (tertiary/aromatic N) is 1. The number of hydrogen-bond acceptors (Lipinski definition) is 3. The zero-order valence-corrected chi connectivity index (χ0v) is 12.2. The van der Waals surface area contributed by atoms with Gasteiger partial charge in [0.05, 0.1) is 4.47 Å². The fourth-order valence-corrected chi connectivity index (χ4v) is 2.13. The molecule has 0 spiro atoms. The highest BCUT2D eigenvalue weighted by Gasteiger charge is 2.07. The second-order valence-corrected chi connectivity index (χ2v) is 5.06. The van der Waals surface area contributed by atoms with Crippen molar-refractivity contribution < 1.29 is 9.53 Å². The fraction of sp³-hybridized carbons (Fsp3) is 0.231. The first-order valence-electron chi connectivity index (χ1n) is 5.75. The van der Waals surface area contributed by atoms with Crippen molar-refractivity contribution in [1.82, 2.24) is 10.2 Å². The van der Waals surface area contributed by atoms with E-state index in [9.17, 15) is 4.79 Å². The molecule has 1 amide bonds. The van der Waals surface area contributed by atoms with E-state index in [-0.39, 0.29) is 12.5 Å². The smallest absolute Gasteiger partial charge is 0.263 e. The molecule has 0 unspecified atom stereocenters. The van der Waals surface area contributed by atoms with E-state index in [1.165, 1.54) is 0 Å². The summed E-state index contributed by atoms with van der Waals surface area (Å²) in [5.74, 6) is 0.881. The molecule has 0 atom stereocenters. The predicted molar refractivity (Wildman–Crippen MR) is 76.3 cm³/mol. The molecule has 2 aromatic rings. The zero-order chi connectivity index (χ0) is 13.8. The van der Waals surface area contributed by atoms with Gasteiger partial charge >= 0.3 is 0 Å². The summed E-state index contributed by atoms with van der Waals surface area (Å²) in [4.78, 5) is 11.7. The molecule has 6 heteroatoms. The number of benzene rings is 1. The molecule has 0 aliphatic rings. The highest BCUT2D eigenvalue weighted by atomic mass is 79.9. The molecule has 19 heavy (non-hydrogen) atoms. The lowest BCUT2D eigenvalue weighted by Crippen LogP contribution is -2.20. The van der Waals surface area contributed by atoms with Gasteiger partial charge in [0.25, 0.3) is 5.91 Å². The molecule has 100 valence electrons. The number of hydrogen-bond donors (Lipinski definition) is 2. The van der Waals surface area contributed by atoms with E-state index in [0.717, 1.165) is 15.7 Å². The van der Waals surface area contributed by atoms with E-state index in [4.69, 9.17) is 4.74 Å². The molecule has 0 bridgehead atoms. The Bertz CT molecular complexity index is 595. The van der Waals surface area contributed by atoms with Crippen molar-refractivity contribution in [2.45, 2.75) is 13.8 Å². The lowest BCUT2D eigenvalue weighted by molar-refractivity contribution is -0.118. The van der Waals surface area contributed by atoms with Crippen LogP contribution in [0.4, 0.5) is 5.82 Å². The summed E-state index contributed by atoms with van der Waals surface area (Å²) in [6.45, 7) is 3.79. The normalized spacial score (nSPS) is 10.3. The van der Waals surface area contributed by atoms with Crippen LogP contribution in [0.15, 0.2) is 28.7 Å². The van der Waals surface area contributed by atoms with Crippen LogP contribution >= 0.6 is 15.9 Å². The quantitative estimate of drug-likeness (QED) is 0.909. The lowest BCUT2D eigenvalue weighted by Gasteiger charge is -2.08. The number of aryl methyl sites for hydroxylation is 2. The Morgan fingerprint density at radius 1 is 1.42 bits per heavy atom. The third kappa shape index (κ3) is 3.82. The van der Waals surface area contributed by atoms with Crippen LogP contribution in [0.5, 0.6) is 5.75 Å². The average Bonchev–Trinajstić information content (AvgIpc) is 2.73. The van der Waals surface area contributed by atoms with Crippen molar-refractivity contribution in [3.63, 3.8) is 0 Å². The first-order chi connectivity index (χ1) is 9.04. The number of nitrogens with one attached hydrogen (secondary N) is 2. The van der Waals surface area contributed by atoms with Gasteiger partial charge in [-0.2, -0.15) is 5.10 Å². The Morgan fingerprint density at radius 3 is 2.84 bits per heavy atom. The number of aromatic nitrogens is 2. The van der Waals surface area contributed by atoms with Crippen molar-refractivity contribution in [2.24, 2.45) is 0 Å². The summed E-state index contributed by atoms with van der Waals surface area (Å²) in [7, 11) is 0. The molecule has 0 saturated heterocycles. The highest BCUT2D eigenvalue weighted by Crippen LogP contribution is 2.25. The Labute approximate surface area is 119 Å². The minimum absolute atomic E-state index is 0.0619. The van der Waals surface area contributed by atoms with E-state index in [1.54, 1.807) is 6.07 Å². The number of H-pyrrole nitrogens is 1. The maximum atomic E-state index is 11.7. The minimum Gasteiger partial charge on any atom is -0.483 e. The van der Waals surface area contributed by atoms with Gasteiger partial charge < -0.3 is 10.1 Å². The van der Waals surface area contributed by atoms with Gasteiger partial charge in [-0.25, -0.2) is 0 Å². The van der Waals surface area contributed by atoms with Gasteiger partial charge in [-0.1, -0.05) is 6.07 Å². The van der Waals surface area contributed by atoms with Crippen LogP contribution in [-0.2, 0) is 4.79 Å². The number of aromatic amines is 1. The first-order valence-corrected chi connectivity index (χ1v) is 6.55. The van der Waals surface area contributed by atoms with Crippen LogP contribution in [0.2, 0.25) is 0 Å². The molecule has 1 heterocycles. The van der Waals surface area contributed by atoms with Crippen LogP contribution in [0, 0.1) is 13.8 Å². The molecule has 1 aromatic carbocycles. The van der Waals surface area contributed by atoms with Crippen LogP contribution in [0.3, 0.4) is 0 Å². The SMILES string of the molecule is Cc1ccc(OCC(=O)Nc2cc(C)[nH]n2)c(Br)c1. The Morgan fingerprint density at radius 2 is 2.21 bits per heavy atom. The van der Waals surface area contributed by atoms with E-state index >= 15 is 0 Å². The molecule has 0 saturated carbocycles. The average molecular weight is 324 g/mol. The molecule has 0 radical (unpaired) electrons. The maximum Gasteiger partial charge on any atom is 0.263 e. The number of rotatable bonds is 4. The Kier molecular flexibility index (Phi) is 4.21. The first kappa shape index (κ1) is 13.6. The maximum absolute atomic E-state index is 11.7. The van der Waals surface area contributed by atoms with Crippen molar-refractivity contribution in [2.75, 3.05) is 11.9 Å². The van der Waals surface area contributed by atoms with Crippen molar-refractivity contribution in [3.8, 4) is 5.75 Å². The van der Waals surface area contributed by atoms with Gasteiger partial charge in [0.1, 0.15) is 5.75 Å². The van der Waals surface area contributed by atoms with Gasteiger partial charge in [0, 0.05) is 11.8 Å². The van der Waals surface area contributed by atoms with Gasteiger partial charge in [0.15, 0.2) is 12.4 Å². The summed E-state index contributed by atoms with van der Waals surface area (Å²) in [5, 5.41) is 9.31. The van der Waals surface area contributed by atoms with E-state index in [0.29, 0.717) is 11.6 Å². The van der Waals surface area contributed by atoms with Gasteiger partial charge in [-0.3, -0.25) is 9.89 Å². The molecule has 0 fully saturated rings. The fourth-order valence-electron chi connectivity index (χ4n) is 1.53. The van der Waals surface area contributed by atoms with Gasteiger partial charge in [0.2, 0.25) is 0 Å². The van der Waals surface area contributed by atoms with E-state index in [2.05, 4.69) is 31.4 Å². The van der Waals surface area contributed by atoms with Crippen molar-refractivity contribution in [1.29, 1.82) is 0 Å². The molecule has 2 N–H and O–H groups in total. The summed E-state index contributed by atoms with van der Waals surface area (Å²) in [5.41, 5.74) is 2.01. The van der Waals surface area contributed by atoms with Crippen LogP contribution in [-0.4, -0.2) is 22.7 Å².